The van der Waals surface area contributed by atoms with Crippen molar-refractivity contribution in [3.05, 3.63) is 28.3 Å². The summed E-state index contributed by atoms with van der Waals surface area (Å²) >= 11 is 0. The van der Waals surface area contributed by atoms with Gasteiger partial charge in [0, 0.05) is 7.05 Å². The molecule has 0 saturated carbocycles. The van der Waals surface area contributed by atoms with E-state index in [1.165, 1.54) is 19.2 Å². The van der Waals surface area contributed by atoms with Gasteiger partial charge in [-0.1, -0.05) is 0 Å². The topological polar surface area (TPSA) is 127 Å². The van der Waals surface area contributed by atoms with E-state index in [9.17, 15) is 23.3 Å². The lowest BCUT2D eigenvalue weighted by Crippen LogP contribution is -2.32. The van der Waals surface area contributed by atoms with E-state index in [4.69, 9.17) is 9.84 Å². The van der Waals surface area contributed by atoms with E-state index in [0.29, 0.717) is 4.31 Å². The minimum atomic E-state index is -4.20. The third kappa shape index (κ3) is 3.35. The highest BCUT2D eigenvalue weighted by Crippen LogP contribution is 2.32. The van der Waals surface area contributed by atoms with Crippen LogP contribution in [0.2, 0.25) is 0 Å². The SMILES string of the molecule is COc1ccc(N(C)S(=O)(=O)CC(=O)O)c([N+](=O)[O-])c1. The molecule has 0 aromatic heterocycles. The van der Waals surface area contributed by atoms with Crippen molar-refractivity contribution < 1.29 is 28.0 Å². The van der Waals surface area contributed by atoms with Gasteiger partial charge in [0.1, 0.15) is 11.4 Å². The number of methoxy groups -OCH3 is 1. The predicted molar refractivity (Wildman–Crippen MR) is 69.5 cm³/mol. The van der Waals surface area contributed by atoms with Crippen LogP contribution in [0.5, 0.6) is 5.75 Å². The third-order valence-corrected chi connectivity index (χ3v) is 4.08. The maximum absolute atomic E-state index is 11.8. The molecule has 0 heterocycles. The van der Waals surface area contributed by atoms with Crippen LogP contribution in [0.3, 0.4) is 0 Å². The van der Waals surface area contributed by atoms with Crippen molar-refractivity contribution in [2.45, 2.75) is 0 Å². The van der Waals surface area contributed by atoms with E-state index in [1.54, 1.807) is 0 Å². The minimum absolute atomic E-state index is 0.185. The molecule has 0 spiro atoms. The molecule has 0 fully saturated rings. The number of carboxylic acid groups (broad SMARTS) is 1. The minimum Gasteiger partial charge on any atom is -0.496 e. The van der Waals surface area contributed by atoms with E-state index in [1.807, 2.05) is 0 Å². The van der Waals surface area contributed by atoms with Gasteiger partial charge in [-0.2, -0.15) is 0 Å². The number of rotatable bonds is 6. The lowest BCUT2D eigenvalue weighted by atomic mass is 10.2. The van der Waals surface area contributed by atoms with Gasteiger partial charge >= 0.3 is 5.97 Å². The van der Waals surface area contributed by atoms with Crippen LogP contribution in [-0.4, -0.2) is 44.3 Å². The first-order valence-corrected chi connectivity index (χ1v) is 6.81. The molecular weight excluding hydrogens is 292 g/mol. The van der Waals surface area contributed by atoms with Gasteiger partial charge in [-0.05, 0) is 12.1 Å². The summed E-state index contributed by atoms with van der Waals surface area (Å²) in [6.07, 6.45) is 0. The number of hydrogen-bond donors (Lipinski definition) is 1. The maximum atomic E-state index is 11.8. The van der Waals surface area contributed by atoms with Crippen molar-refractivity contribution in [1.82, 2.24) is 0 Å². The Kier molecular flexibility index (Phi) is 4.50. The highest BCUT2D eigenvalue weighted by Gasteiger charge is 2.28. The number of nitro groups is 1. The molecule has 1 N–H and O–H groups in total. The van der Waals surface area contributed by atoms with Crippen LogP contribution in [0.1, 0.15) is 0 Å². The summed E-state index contributed by atoms with van der Waals surface area (Å²) in [5, 5.41) is 19.5. The fourth-order valence-corrected chi connectivity index (χ4v) is 2.41. The largest absolute Gasteiger partial charge is 0.496 e. The number of nitrogens with zero attached hydrogens (tertiary/aromatic N) is 2. The first-order chi connectivity index (χ1) is 9.19. The van der Waals surface area contributed by atoms with Crippen molar-refractivity contribution >= 4 is 27.4 Å². The van der Waals surface area contributed by atoms with Crippen molar-refractivity contribution in [1.29, 1.82) is 0 Å². The van der Waals surface area contributed by atoms with Crippen LogP contribution in [0, 0.1) is 10.1 Å². The number of benzene rings is 1. The molecule has 110 valence electrons. The second-order valence-corrected chi connectivity index (χ2v) is 5.73. The highest BCUT2D eigenvalue weighted by molar-refractivity contribution is 7.93. The Morgan fingerprint density at radius 1 is 1.50 bits per heavy atom. The summed E-state index contributed by atoms with van der Waals surface area (Å²) in [4.78, 5) is 20.7. The number of carboxylic acids is 1. The van der Waals surface area contributed by atoms with Gasteiger partial charge < -0.3 is 9.84 Å². The summed E-state index contributed by atoms with van der Waals surface area (Å²) in [7, 11) is -1.84. The Morgan fingerprint density at radius 2 is 2.10 bits per heavy atom. The van der Waals surface area contributed by atoms with Crippen molar-refractivity contribution in [2.24, 2.45) is 0 Å². The first kappa shape index (κ1) is 15.7. The molecular formula is C10H12N2O7S. The van der Waals surface area contributed by atoms with Crippen LogP contribution in [0.4, 0.5) is 11.4 Å². The summed E-state index contributed by atoms with van der Waals surface area (Å²) in [5.74, 6) is -2.52. The summed E-state index contributed by atoms with van der Waals surface area (Å²) in [5.41, 5.74) is -0.738. The number of ether oxygens (including phenoxy) is 1. The summed E-state index contributed by atoms with van der Waals surface area (Å²) < 4.78 is 28.9. The Balaban J connectivity index is 3.32. The fraction of sp³-hybridized carbons (Fsp3) is 0.300. The highest BCUT2D eigenvalue weighted by atomic mass is 32.2. The van der Waals surface area contributed by atoms with Crippen LogP contribution in [0.15, 0.2) is 18.2 Å². The third-order valence-electron chi connectivity index (χ3n) is 2.44. The van der Waals surface area contributed by atoms with Crippen LogP contribution in [0.25, 0.3) is 0 Å². The molecule has 9 nitrogen and oxygen atoms in total. The van der Waals surface area contributed by atoms with Crippen molar-refractivity contribution in [3.8, 4) is 5.75 Å². The maximum Gasteiger partial charge on any atom is 0.320 e. The Morgan fingerprint density at radius 3 is 2.55 bits per heavy atom. The Bertz CT molecular complexity index is 641. The Hall–Kier alpha value is -2.36. The van der Waals surface area contributed by atoms with E-state index >= 15 is 0 Å². The normalized spacial score (nSPS) is 10.9. The number of aliphatic carboxylic acids is 1. The molecule has 0 aliphatic rings. The van der Waals surface area contributed by atoms with E-state index in [0.717, 1.165) is 13.1 Å². The summed E-state index contributed by atoms with van der Waals surface area (Å²) in [6, 6.07) is 3.58. The van der Waals surface area contributed by atoms with E-state index in [-0.39, 0.29) is 11.4 Å². The van der Waals surface area contributed by atoms with Crippen molar-refractivity contribution in [3.63, 3.8) is 0 Å². The van der Waals surface area contributed by atoms with Crippen LogP contribution < -0.4 is 9.04 Å². The monoisotopic (exact) mass is 304 g/mol. The fourth-order valence-electron chi connectivity index (χ4n) is 1.45. The average molecular weight is 304 g/mol. The molecule has 0 aliphatic carbocycles. The molecule has 0 unspecified atom stereocenters. The van der Waals surface area contributed by atoms with Gasteiger partial charge in [0.15, 0.2) is 5.75 Å². The molecule has 0 atom stereocenters. The number of hydrogen-bond acceptors (Lipinski definition) is 6. The number of anilines is 1. The molecule has 0 saturated heterocycles. The van der Waals surface area contributed by atoms with Gasteiger partial charge in [0.05, 0.1) is 18.1 Å². The zero-order valence-electron chi connectivity index (χ0n) is 10.6. The van der Waals surface area contributed by atoms with Crippen molar-refractivity contribution in [2.75, 3.05) is 24.2 Å². The van der Waals surface area contributed by atoms with Gasteiger partial charge in [0.2, 0.25) is 10.0 Å². The summed E-state index contributed by atoms with van der Waals surface area (Å²) in [6.45, 7) is 0. The number of carbonyl (C=O) groups is 1. The van der Waals surface area contributed by atoms with Gasteiger partial charge in [0.25, 0.3) is 5.69 Å². The van der Waals surface area contributed by atoms with Gasteiger partial charge in [-0.3, -0.25) is 19.2 Å². The molecule has 1 aromatic carbocycles. The average Bonchev–Trinajstić information content (AvgIpc) is 2.35. The lowest BCUT2D eigenvalue weighted by Gasteiger charge is -2.18. The quantitative estimate of drug-likeness (QED) is 0.597. The first-order valence-electron chi connectivity index (χ1n) is 5.20. The zero-order chi connectivity index (χ0) is 15.5. The smallest absolute Gasteiger partial charge is 0.320 e. The lowest BCUT2D eigenvalue weighted by molar-refractivity contribution is -0.384. The van der Waals surface area contributed by atoms with Gasteiger partial charge in [-0.25, -0.2) is 8.42 Å². The van der Waals surface area contributed by atoms with Crippen LogP contribution >= 0.6 is 0 Å². The number of sulfonamides is 1. The second-order valence-electron chi connectivity index (χ2n) is 3.73. The van der Waals surface area contributed by atoms with E-state index in [2.05, 4.69) is 0 Å². The molecule has 10 heteroatoms. The molecule has 0 radical (unpaired) electrons. The molecule has 1 aromatic rings. The van der Waals surface area contributed by atoms with E-state index < -0.39 is 32.4 Å². The predicted octanol–water partition coefficient (Wildman–Crippen LogP) is 0.454. The second kappa shape index (κ2) is 5.74. The molecule has 0 bridgehead atoms. The zero-order valence-corrected chi connectivity index (χ0v) is 11.5. The van der Waals surface area contributed by atoms with Crippen LogP contribution in [-0.2, 0) is 14.8 Å². The molecule has 0 aliphatic heterocycles. The Labute approximate surface area is 114 Å². The molecule has 0 amide bonds. The standard InChI is InChI=1S/C10H12N2O7S/c1-11(20(17,18)6-10(13)14)8-4-3-7(19-2)5-9(8)12(15)16/h3-5H,6H2,1-2H3,(H,13,14). The molecule has 20 heavy (non-hydrogen) atoms. The number of nitro benzene ring substituents is 1. The molecule has 1 rings (SSSR count). The van der Waals surface area contributed by atoms with Gasteiger partial charge in [-0.15, -0.1) is 0 Å².